The van der Waals surface area contributed by atoms with Crippen LogP contribution in [0.2, 0.25) is 0 Å². The lowest BCUT2D eigenvalue weighted by molar-refractivity contribution is 0.849. The third-order valence-corrected chi connectivity index (χ3v) is 3.20. The van der Waals surface area contributed by atoms with E-state index in [2.05, 4.69) is 20.4 Å². The largest absolute Gasteiger partial charge is 0.367 e. The summed E-state index contributed by atoms with van der Waals surface area (Å²) in [5.41, 5.74) is 7.68. The third kappa shape index (κ3) is 1.43. The molecule has 0 amide bonds. The number of aromatic amines is 1. The number of nitrogens with one attached hydrogen (secondary N) is 1. The molecule has 0 spiro atoms. The van der Waals surface area contributed by atoms with Crippen molar-refractivity contribution >= 4 is 16.3 Å². The van der Waals surface area contributed by atoms with Gasteiger partial charge in [0.2, 0.25) is 4.96 Å². The SMILES string of the molecule is NCCc1nc2scc(-c3cc[nH]c3)n2n1. The Morgan fingerprint density at radius 1 is 1.50 bits per heavy atom. The van der Waals surface area contributed by atoms with Crippen LogP contribution in [0.15, 0.2) is 23.8 Å². The first-order chi connectivity index (χ1) is 7.88. The number of hydrogen-bond donors (Lipinski definition) is 2. The van der Waals surface area contributed by atoms with E-state index in [4.69, 9.17) is 5.73 Å². The van der Waals surface area contributed by atoms with E-state index in [1.165, 1.54) is 0 Å². The number of rotatable bonds is 3. The standard InChI is InChI=1S/C10H11N5S/c11-3-1-9-13-10-15(14-9)8(6-16-10)7-2-4-12-5-7/h2,4-6,12H,1,3,11H2. The molecule has 3 aromatic heterocycles. The quantitative estimate of drug-likeness (QED) is 0.716. The van der Waals surface area contributed by atoms with E-state index in [0.717, 1.165) is 28.5 Å². The first-order valence-electron chi connectivity index (χ1n) is 5.05. The molecule has 0 fully saturated rings. The molecule has 0 bridgehead atoms. The zero-order valence-electron chi connectivity index (χ0n) is 8.55. The molecular weight excluding hydrogens is 222 g/mol. The van der Waals surface area contributed by atoms with Crippen molar-refractivity contribution in [2.24, 2.45) is 5.73 Å². The average Bonchev–Trinajstić information content (AvgIpc) is 2.90. The van der Waals surface area contributed by atoms with Crippen molar-refractivity contribution in [2.75, 3.05) is 6.54 Å². The number of H-pyrrole nitrogens is 1. The van der Waals surface area contributed by atoms with Crippen molar-refractivity contribution in [1.29, 1.82) is 0 Å². The van der Waals surface area contributed by atoms with E-state index in [9.17, 15) is 0 Å². The highest BCUT2D eigenvalue weighted by molar-refractivity contribution is 7.15. The van der Waals surface area contributed by atoms with E-state index < -0.39 is 0 Å². The Hall–Kier alpha value is -1.66. The van der Waals surface area contributed by atoms with E-state index >= 15 is 0 Å². The van der Waals surface area contributed by atoms with Crippen LogP contribution in [0.1, 0.15) is 5.82 Å². The molecule has 6 heteroatoms. The van der Waals surface area contributed by atoms with Gasteiger partial charge in [0.15, 0.2) is 5.82 Å². The maximum atomic E-state index is 5.49. The van der Waals surface area contributed by atoms with Crippen molar-refractivity contribution in [3.8, 4) is 11.3 Å². The highest BCUT2D eigenvalue weighted by Crippen LogP contribution is 2.24. The van der Waals surface area contributed by atoms with E-state index in [1.807, 2.05) is 23.0 Å². The molecule has 0 aliphatic heterocycles. The fraction of sp³-hybridized carbons (Fsp3) is 0.200. The second-order valence-electron chi connectivity index (χ2n) is 3.48. The topological polar surface area (TPSA) is 72.0 Å². The average molecular weight is 233 g/mol. The van der Waals surface area contributed by atoms with Gasteiger partial charge in [-0.15, -0.1) is 16.4 Å². The summed E-state index contributed by atoms with van der Waals surface area (Å²) < 4.78 is 1.87. The lowest BCUT2D eigenvalue weighted by Crippen LogP contribution is -2.04. The number of fused-ring (bicyclic) bond motifs is 1. The van der Waals surface area contributed by atoms with E-state index in [0.29, 0.717) is 6.54 Å². The minimum Gasteiger partial charge on any atom is -0.367 e. The van der Waals surface area contributed by atoms with Gasteiger partial charge in [-0.25, -0.2) is 9.50 Å². The summed E-state index contributed by atoms with van der Waals surface area (Å²) in [5.74, 6) is 0.811. The van der Waals surface area contributed by atoms with Crippen molar-refractivity contribution < 1.29 is 0 Å². The van der Waals surface area contributed by atoms with Crippen LogP contribution in [-0.4, -0.2) is 26.1 Å². The molecule has 0 aliphatic rings. The highest BCUT2D eigenvalue weighted by atomic mass is 32.1. The molecule has 3 aromatic rings. The second kappa shape index (κ2) is 3.73. The molecule has 3 heterocycles. The van der Waals surface area contributed by atoms with Gasteiger partial charge in [-0.1, -0.05) is 0 Å². The fourth-order valence-corrected chi connectivity index (χ4v) is 2.49. The Bertz CT molecular complexity index is 592. The summed E-state index contributed by atoms with van der Waals surface area (Å²) in [6, 6.07) is 2.02. The van der Waals surface area contributed by atoms with Gasteiger partial charge < -0.3 is 10.7 Å². The Morgan fingerprint density at radius 2 is 2.44 bits per heavy atom. The predicted molar refractivity (Wildman–Crippen MR) is 63.4 cm³/mol. The molecule has 0 unspecified atom stereocenters. The lowest BCUT2D eigenvalue weighted by Gasteiger charge is -1.92. The number of hydrogen-bond acceptors (Lipinski definition) is 4. The molecule has 0 atom stereocenters. The maximum absolute atomic E-state index is 5.49. The minimum absolute atomic E-state index is 0.581. The second-order valence-corrected chi connectivity index (χ2v) is 4.32. The minimum atomic E-state index is 0.581. The summed E-state index contributed by atoms with van der Waals surface area (Å²) >= 11 is 1.59. The van der Waals surface area contributed by atoms with Gasteiger partial charge in [0.05, 0.1) is 5.69 Å². The fourth-order valence-electron chi connectivity index (χ4n) is 1.64. The number of thiazole rings is 1. The van der Waals surface area contributed by atoms with Gasteiger partial charge in [-0.2, -0.15) is 0 Å². The van der Waals surface area contributed by atoms with Crippen LogP contribution in [-0.2, 0) is 6.42 Å². The van der Waals surface area contributed by atoms with Crippen molar-refractivity contribution in [2.45, 2.75) is 6.42 Å². The van der Waals surface area contributed by atoms with Crippen molar-refractivity contribution in [1.82, 2.24) is 19.6 Å². The first kappa shape index (κ1) is 9.56. The van der Waals surface area contributed by atoms with Crippen LogP contribution < -0.4 is 5.73 Å². The lowest BCUT2D eigenvalue weighted by atomic mass is 10.3. The van der Waals surface area contributed by atoms with Crippen LogP contribution in [0, 0.1) is 0 Å². The summed E-state index contributed by atoms with van der Waals surface area (Å²) in [6.45, 7) is 0.581. The zero-order valence-corrected chi connectivity index (χ0v) is 9.37. The third-order valence-electron chi connectivity index (χ3n) is 2.39. The van der Waals surface area contributed by atoms with Crippen LogP contribution in [0.25, 0.3) is 16.2 Å². The molecular formula is C10H11N5S. The Balaban J connectivity index is 2.12. The number of nitrogens with two attached hydrogens (primary N) is 1. The van der Waals surface area contributed by atoms with Gasteiger partial charge in [-0.3, -0.25) is 0 Å². The Labute approximate surface area is 95.9 Å². The molecule has 3 rings (SSSR count). The first-order valence-corrected chi connectivity index (χ1v) is 5.93. The molecule has 16 heavy (non-hydrogen) atoms. The molecule has 0 radical (unpaired) electrons. The number of nitrogens with zero attached hydrogens (tertiary/aromatic N) is 3. The Morgan fingerprint density at radius 3 is 3.19 bits per heavy atom. The van der Waals surface area contributed by atoms with Gasteiger partial charge in [0.25, 0.3) is 0 Å². The summed E-state index contributed by atoms with van der Waals surface area (Å²) in [6.07, 6.45) is 4.57. The summed E-state index contributed by atoms with van der Waals surface area (Å²) in [5, 5.41) is 6.50. The molecule has 0 aromatic carbocycles. The van der Waals surface area contributed by atoms with Gasteiger partial charge in [0.1, 0.15) is 0 Å². The predicted octanol–water partition coefficient (Wildman–Crippen LogP) is 1.29. The van der Waals surface area contributed by atoms with Gasteiger partial charge >= 0.3 is 0 Å². The summed E-state index contributed by atoms with van der Waals surface area (Å²) in [4.78, 5) is 8.37. The molecule has 5 nitrogen and oxygen atoms in total. The molecule has 0 saturated carbocycles. The molecule has 3 N–H and O–H groups in total. The monoisotopic (exact) mass is 233 g/mol. The molecule has 0 saturated heterocycles. The zero-order chi connectivity index (χ0) is 11.0. The van der Waals surface area contributed by atoms with Crippen LogP contribution in [0.5, 0.6) is 0 Å². The highest BCUT2D eigenvalue weighted by Gasteiger charge is 2.10. The number of aromatic nitrogens is 4. The Kier molecular flexibility index (Phi) is 2.23. The maximum Gasteiger partial charge on any atom is 0.212 e. The van der Waals surface area contributed by atoms with Crippen LogP contribution in [0.4, 0.5) is 0 Å². The van der Waals surface area contributed by atoms with Crippen molar-refractivity contribution in [3.05, 3.63) is 29.7 Å². The van der Waals surface area contributed by atoms with Crippen LogP contribution >= 0.6 is 11.3 Å². The molecule has 0 aliphatic carbocycles. The van der Waals surface area contributed by atoms with E-state index in [1.54, 1.807) is 11.3 Å². The van der Waals surface area contributed by atoms with E-state index in [-0.39, 0.29) is 0 Å². The smallest absolute Gasteiger partial charge is 0.212 e. The summed E-state index contributed by atoms with van der Waals surface area (Å²) in [7, 11) is 0. The van der Waals surface area contributed by atoms with Crippen LogP contribution in [0.3, 0.4) is 0 Å². The molecule has 82 valence electrons. The van der Waals surface area contributed by atoms with Gasteiger partial charge in [0, 0.05) is 29.8 Å². The van der Waals surface area contributed by atoms with Gasteiger partial charge in [-0.05, 0) is 12.6 Å². The van der Waals surface area contributed by atoms with Crippen molar-refractivity contribution in [3.63, 3.8) is 0 Å². The normalized spacial score (nSPS) is 11.3.